The third-order valence-corrected chi connectivity index (χ3v) is 5.47. The van der Waals surface area contributed by atoms with E-state index < -0.39 is 10.0 Å². The fourth-order valence-corrected chi connectivity index (χ4v) is 3.52. The predicted octanol–water partition coefficient (Wildman–Crippen LogP) is 2.80. The van der Waals surface area contributed by atoms with Gasteiger partial charge in [0.15, 0.2) is 18.1 Å². The molecule has 8 nitrogen and oxygen atoms in total. The van der Waals surface area contributed by atoms with Crippen molar-refractivity contribution in [2.24, 2.45) is 0 Å². The lowest BCUT2D eigenvalue weighted by atomic mass is 10.2. The molecule has 9 heteroatoms. The molecule has 0 aromatic heterocycles. The van der Waals surface area contributed by atoms with Crippen LogP contribution in [0.1, 0.15) is 19.8 Å². The molecule has 0 aliphatic heterocycles. The Labute approximate surface area is 171 Å². The minimum absolute atomic E-state index is 0.149. The SMILES string of the molecule is CCCCNS(=O)(=O)c1ccc(OCC(=O)Nc2ccc(OC)c(OC)c2)cc1. The van der Waals surface area contributed by atoms with Crippen LogP contribution in [0, 0.1) is 0 Å². The summed E-state index contributed by atoms with van der Waals surface area (Å²) < 4.78 is 42.6. The zero-order valence-electron chi connectivity index (χ0n) is 16.7. The van der Waals surface area contributed by atoms with Crippen LogP contribution in [0.5, 0.6) is 17.2 Å². The van der Waals surface area contributed by atoms with E-state index in [1.165, 1.54) is 38.5 Å². The molecule has 0 aliphatic carbocycles. The van der Waals surface area contributed by atoms with Gasteiger partial charge < -0.3 is 19.5 Å². The molecule has 2 rings (SSSR count). The van der Waals surface area contributed by atoms with E-state index in [1.807, 2.05) is 6.92 Å². The van der Waals surface area contributed by atoms with Gasteiger partial charge in [0, 0.05) is 18.3 Å². The molecular formula is C20H26N2O6S. The highest BCUT2D eigenvalue weighted by molar-refractivity contribution is 7.89. The number of amides is 1. The number of benzene rings is 2. The van der Waals surface area contributed by atoms with Gasteiger partial charge >= 0.3 is 0 Å². The summed E-state index contributed by atoms with van der Waals surface area (Å²) in [7, 11) is -0.501. The van der Waals surface area contributed by atoms with Crippen molar-refractivity contribution in [2.75, 3.05) is 32.7 Å². The average Bonchev–Trinajstić information content (AvgIpc) is 2.72. The molecule has 0 atom stereocenters. The van der Waals surface area contributed by atoms with E-state index in [2.05, 4.69) is 10.0 Å². The van der Waals surface area contributed by atoms with Gasteiger partial charge in [-0.2, -0.15) is 0 Å². The smallest absolute Gasteiger partial charge is 0.262 e. The quantitative estimate of drug-likeness (QED) is 0.540. The van der Waals surface area contributed by atoms with Crippen molar-refractivity contribution in [3.8, 4) is 17.2 Å². The Balaban J connectivity index is 1.90. The van der Waals surface area contributed by atoms with Gasteiger partial charge in [-0.15, -0.1) is 0 Å². The number of methoxy groups -OCH3 is 2. The minimum atomic E-state index is -3.54. The third-order valence-electron chi connectivity index (χ3n) is 3.99. The van der Waals surface area contributed by atoms with E-state index in [0.717, 1.165) is 12.8 Å². The molecule has 2 aromatic carbocycles. The number of anilines is 1. The monoisotopic (exact) mass is 422 g/mol. The second kappa shape index (κ2) is 10.7. The number of rotatable bonds is 11. The van der Waals surface area contributed by atoms with Gasteiger partial charge in [0.1, 0.15) is 5.75 Å². The van der Waals surface area contributed by atoms with Crippen LogP contribution in [-0.2, 0) is 14.8 Å². The van der Waals surface area contributed by atoms with Crippen LogP contribution in [0.15, 0.2) is 47.4 Å². The van der Waals surface area contributed by atoms with Crippen LogP contribution in [0.2, 0.25) is 0 Å². The maximum Gasteiger partial charge on any atom is 0.262 e. The zero-order valence-corrected chi connectivity index (χ0v) is 17.5. The molecule has 0 heterocycles. The molecule has 0 bridgehead atoms. The Morgan fingerprint density at radius 2 is 1.69 bits per heavy atom. The van der Waals surface area contributed by atoms with Crippen molar-refractivity contribution in [3.63, 3.8) is 0 Å². The number of nitrogens with one attached hydrogen (secondary N) is 2. The van der Waals surface area contributed by atoms with Crippen molar-refractivity contribution in [1.82, 2.24) is 4.72 Å². The Morgan fingerprint density at radius 1 is 1.00 bits per heavy atom. The van der Waals surface area contributed by atoms with E-state index >= 15 is 0 Å². The van der Waals surface area contributed by atoms with Crippen molar-refractivity contribution in [2.45, 2.75) is 24.7 Å². The molecule has 0 fully saturated rings. The van der Waals surface area contributed by atoms with Crippen LogP contribution >= 0.6 is 0 Å². The number of unbranched alkanes of at least 4 members (excludes halogenated alkanes) is 1. The fourth-order valence-electron chi connectivity index (χ4n) is 2.44. The lowest BCUT2D eigenvalue weighted by Gasteiger charge is -2.11. The van der Waals surface area contributed by atoms with E-state index in [4.69, 9.17) is 14.2 Å². The number of sulfonamides is 1. The van der Waals surface area contributed by atoms with Crippen LogP contribution in [0.3, 0.4) is 0 Å². The van der Waals surface area contributed by atoms with Gasteiger partial charge in [-0.25, -0.2) is 13.1 Å². The first-order valence-electron chi connectivity index (χ1n) is 9.14. The van der Waals surface area contributed by atoms with E-state index in [-0.39, 0.29) is 17.4 Å². The van der Waals surface area contributed by atoms with Crippen LogP contribution < -0.4 is 24.2 Å². The molecule has 0 spiro atoms. The lowest BCUT2D eigenvalue weighted by molar-refractivity contribution is -0.118. The van der Waals surface area contributed by atoms with Crippen molar-refractivity contribution in [1.29, 1.82) is 0 Å². The van der Waals surface area contributed by atoms with Crippen molar-refractivity contribution >= 4 is 21.6 Å². The zero-order chi connectivity index (χ0) is 21.3. The number of hydrogen-bond acceptors (Lipinski definition) is 6. The molecule has 0 radical (unpaired) electrons. The Hall–Kier alpha value is -2.78. The highest BCUT2D eigenvalue weighted by Gasteiger charge is 2.13. The van der Waals surface area contributed by atoms with Gasteiger partial charge in [-0.1, -0.05) is 13.3 Å². The first-order valence-corrected chi connectivity index (χ1v) is 10.6. The molecule has 0 saturated heterocycles. The molecule has 1 amide bonds. The average molecular weight is 423 g/mol. The van der Waals surface area contributed by atoms with Crippen LogP contribution in [-0.4, -0.2) is 41.7 Å². The summed E-state index contributed by atoms with van der Waals surface area (Å²) in [6.45, 7) is 2.16. The number of hydrogen-bond donors (Lipinski definition) is 2. The molecule has 29 heavy (non-hydrogen) atoms. The Bertz CT molecular complexity index is 913. The summed E-state index contributed by atoms with van der Waals surface area (Å²) in [6.07, 6.45) is 1.68. The normalized spacial score (nSPS) is 11.0. The summed E-state index contributed by atoms with van der Waals surface area (Å²) in [5, 5.41) is 2.70. The summed E-state index contributed by atoms with van der Waals surface area (Å²) in [5.41, 5.74) is 0.538. The summed E-state index contributed by atoms with van der Waals surface area (Å²) >= 11 is 0. The maximum atomic E-state index is 12.2. The van der Waals surface area contributed by atoms with E-state index in [9.17, 15) is 13.2 Å². The standard InChI is InChI=1S/C20H26N2O6S/c1-4-5-12-21-29(24,25)17-9-7-16(8-10-17)28-14-20(23)22-15-6-11-18(26-2)19(13-15)27-3/h6-11,13,21H,4-5,12,14H2,1-3H3,(H,22,23). The van der Waals surface area contributed by atoms with E-state index in [0.29, 0.717) is 29.5 Å². The highest BCUT2D eigenvalue weighted by atomic mass is 32.2. The summed E-state index contributed by atoms with van der Waals surface area (Å²) in [4.78, 5) is 12.2. The van der Waals surface area contributed by atoms with Gasteiger partial charge in [-0.05, 0) is 42.8 Å². The maximum absolute atomic E-state index is 12.2. The summed E-state index contributed by atoms with van der Waals surface area (Å²) in [5.74, 6) is 1.08. The van der Waals surface area contributed by atoms with Gasteiger partial charge in [0.05, 0.1) is 19.1 Å². The molecular weight excluding hydrogens is 396 g/mol. The van der Waals surface area contributed by atoms with E-state index in [1.54, 1.807) is 18.2 Å². The topological polar surface area (TPSA) is 103 Å². The minimum Gasteiger partial charge on any atom is -0.493 e. The van der Waals surface area contributed by atoms with Crippen molar-refractivity contribution < 1.29 is 27.4 Å². The fraction of sp³-hybridized carbons (Fsp3) is 0.350. The van der Waals surface area contributed by atoms with Gasteiger partial charge in [-0.3, -0.25) is 4.79 Å². The molecule has 0 unspecified atom stereocenters. The number of carbonyl (C=O) groups excluding carboxylic acids is 1. The predicted molar refractivity (Wildman–Crippen MR) is 110 cm³/mol. The molecule has 2 aromatic rings. The Kier molecular flexibility index (Phi) is 8.29. The number of ether oxygens (including phenoxy) is 3. The lowest BCUT2D eigenvalue weighted by Crippen LogP contribution is -2.24. The molecule has 0 aliphatic rings. The molecule has 158 valence electrons. The Morgan fingerprint density at radius 3 is 2.31 bits per heavy atom. The highest BCUT2D eigenvalue weighted by Crippen LogP contribution is 2.29. The summed E-state index contributed by atoms with van der Waals surface area (Å²) in [6, 6.07) is 10.9. The third kappa shape index (κ3) is 6.65. The second-order valence-electron chi connectivity index (χ2n) is 6.13. The first-order chi connectivity index (χ1) is 13.9. The van der Waals surface area contributed by atoms with Crippen LogP contribution in [0.25, 0.3) is 0 Å². The van der Waals surface area contributed by atoms with Crippen molar-refractivity contribution in [3.05, 3.63) is 42.5 Å². The van der Waals surface area contributed by atoms with Gasteiger partial charge in [0.2, 0.25) is 10.0 Å². The largest absolute Gasteiger partial charge is 0.493 e. The van der Waals surface area contributed by atoms with Gasteiger partial charge in [0.25, 0.3) is 5.91 Å². The molecule has 0 saturated carbocycles. The van der Waals surface area contributed by atoms with Crippen LogP contribution in [0.4, 0.5) is 5.69 Å². The molecule has 2 N–H and O–H groups in total. The second-order valence-corrected chi connectivity index (χ2v) is 7.90. The number of carbonyl (C=O) groups is 1. The first kappa shape index (κ1) is 22.5.